The van der Waals surface area contributed by atoms with Crippen molar-refractivity contribution in [3.8, 4) is 0 Å². The lowest BCUT2D eigenvalue weighted by Gasteiger charge is -2.20. The molecule has 2 aromatic carbocycles. The van der Waals surface area contributed by atoms with E-state index in [-0.39, 0.29) is 11.7 Å². The molecule has 1 atom stereocenters. The predicted molar refractivity (Wildman–Crippen MR) is 114 cm³/mol. The van der Waals surface area contributed by atoms with Gasteiger partial charge in [-0.25, -0.2) is 0 Å². The number of amides is 1. The Hall–Kier alpha value is -2.19. The second-order valence-corrected chi connectivity index (χ2v) is 7.96. The maximum atomic E-state index is 13.0. The van der Waals surface area contributed by atoms with E-state index in [1.54, 1.807) is 18.2 Å². The highest BCUT2D eigenvalue weighted by molar-refractivity contribution is 14.1. The zero-order chi connectivity index (χ0) is 18.5. The zero-order valence-corrected chi connectivity index (χ0v) is 17.0. The van der Waals surface area contributed by atoms with Crippen LogP contribution in [-0.4, -0.2) is 17.9 Å². The number of thiophene rings is 1. The van der Waals surface area contributed by atoms with Gasteiger partial charge in [-0.2, -0.15) is 0 Å². The SMILES string of the molecule is Cc1ccc(C(=O)[C@@H](NC(=O)c2cccs2)Nc2cccc(I)c2)cc1. The summed E-state index contributed by atoms with van der Waals surface area (Å²) in [6.07, 6.45) is -0.856. The number of aryl methyl sites for hydroxylation is 1. The average molecular weight is 476 g/mol. The fourth-order valence-corrected chi connectivity index (χ4v) is 3.58. The van der Waals surface area contributed by atoms with Gasteiger partial charge in [0.05, 0.1) is 4.88 Å². The zero-order valence-electron chi connectivity index (χ0n) is 14.0. The van der Waals surface area contributed by atoms with Crippen molar-refractivity contribution in [1.29, 1.82) is 0 Å². The van der Waals surface area contributed by atoms with E-state index in [4.69, 9.17) is 0 Å². The normalized spacial score (nSPS) is 11.6. The highest BCUT2D eigenvalue weighted by Crippen LogP contribution is 2.16. The summed E-state index contributed by atoms with van der Waals surface area (Å²) in [7, 11) is 0. The molecule has 3 rings (SSSR count). The quantitative estimate of drug-likeness (QED) is 0.308. The first-order chi connectivity index (χ1) is 12.5. The number of carbonyl (C=O) groups excluding carboxylic acids is 2. The number of anilines is 1. The van der Waals surface area contributed by atoms with Crippen LogP contribution in [-0.2, 0) is 0 Å². The molecular weight excluding hydrogens is 459 g/mol. The molecule has 0 radical (unpaired) electrons. The van der Waals surface area contributed by atoms with E-state index in [0.29, 0.717) is 10.4 Å². The molecule has 0 aliphatic heterocycles. The summed E-state index contributed by atoms with van der Waals surface area (Å²) in [5.41, 5.74) is 2.39. The van der Waals surface area contributed by atoms with Crippen LogP contribution in [0.1, 0.15) is 25.6 Å². The van der Waals surface area contributed by atoms with E-state index in [1.165, 1.54) is 11.3 Å². The number of rotatable bonds is 6. The van der Waals surface area contributed by atoms with Crippen molar-refractivity contribution >= 4 is 51.3 Å². The van der Waals surface area contributed by atoms with Crippen LogP contribution in [0.15, 0.2) is 66.0 Å². The highest BCUT2D eigenvalue weighted by Gasteiger charge is 2.23. The van der Waals surface area contributed by atoms with Crippen LogP contribution in [0.4, 0.5) is 5.69 Å². The third-order valence-electron chi connectivity index (χ3n) is 3.75. The van der Waals surface area contributed by atoms with Crippen molar-refractivity contribution in [2.75, 3.05) is 5.32 Å². The number of carbonyl (C=O) groups is 2. The average Bonchev–Trinajstić information content (AvgIpc) is 3.16. The summed E-state index contributed by atoms with van der Waals surface area (Å²) in [4.78, 5) is 26.0. The lowest BCUT2D eigenvalue weighted by molar-refractivity contribution is 0.0872. The van der Waals surface area contributed by atoms with Crippen LogP contribution in [0.5, 0.6) is 0 Å². The Kier molecular flexibility index (Phi) is 6.05. The Labute approximate surface area is 169 Å². The van der Waals surface area contributed by atoms with Gasteiger partial charge in [-0.1, -0.05) is 42.0 Å². The standard InChI is InChI=1S/C20H17IN2O2S/c1-13-7-9-14(10-8-13)18(24)19(22-16-5-2-4-15(21)12-16)23-20(25)17-6-3-11-26-17/h2-12,19,22H,1H3,(H,23,25)/t19-/m1/s1. The van der Waals surface area contributed by atoms with Crippen molar-refractivity contribution < 1.29 is 9.59 Å². The van der Waals surface area contributed by atoms with Gasteiger partial charge in [0.2, 0.25) is 5.78 Å². The second-order valence-electron chi connectivity index (χ2n) is 5.77. The maximum Gasteiger partial charge on any atom is 0.263 e. The Bertz CT molecular complexity index is 908. The number of ketones is 1. The van der Waals surface area contributed by atoms with Gasteiger partial charge in [-0.05, 0) is 59.2 Å². The Morgan fingerprint density at radius 1 is 1.04 bits per heavy atom. The summed E-state index contributed by atoms with van der Waals surface area (Å²) in [6, 6.07) is 18.5. The smallest absolute Gasteiger partial charge is 0.263 e. The molecular formula is C20H17IN2O2S. The Balaban J connectivity index is 1.86. The number of nitrogens with one attached hydrogen (secondary N) is 2. The van der Waals surface area contributed by atoms with Crippen molar-refractivity contribution in [3.63, 3.8) is 0 Å². The molecule has 1 aromatic heterocycles. The van der Waals surface area contributed by atoms with Crippen LogP contribution in [0.25, 0.3) is 0 Å². The number of hydrogen-bond acceptors (Lipinski definition) is 4. The van der Waals surface area contributed by atoms with Gasteiger partial charge >= 0.3 is 0 Å². The van der Waals surface area contributed by atoms with Gasteiger partial charge in [-0.15, -0.1) is 11.3 Å². The van der Waals surface area contributed by atoms with E-state index in [1.807, 2.05) is 54.8 Å². The summed E-state index contributed by atoms with van der Waals surface area (Å²) >= 11 is 3.55. The molecule has 0 spiro atoms. The van der Waals surface area contributed by atoms with E-state index in [9.17, 15) is 9.59 Å². The van der Waals surface area contributed by atoms with E-state index < -0.39 is 6.17 Å². The van der Waals surface area contributed by atoms with E-state index in [2.05, 4.69) is 33.2 Å². The molecule has 6 heteroatoms. The van der Waals surface area contributed by atoms with Crippen molar-refractivity contribution in [2.45, 2.75) is 13.1 Å². The van der Waals surface area contributed by atoms with Gasteiger partial charge < -0.3 is 10.6 Å². The fraction of sp³-hybridized carbons (Fsp3) is 0.100. The second kappa shape index (κ2) is 8.46. The first-order valence-corrected chi connectivity index (χ1v) is 9.96. The van der Waals surface area contributed by atoms with Crippen molar-refractivity contribution in [2.24, 2.45) is 0 Å². The van der Waals surface area contributed by atoms with Crippen LogP contribution in [0.2, 0.25) is 0 Å². The molecule has 0 fully saturated rings. The molecule has 4 nitrogen and oxygen atoms in total. The Morgan fingerprint density at radius 3 is 2.46 bits per heavy atom. The molecule has 0 unspecified atom stereocenters. The lowest BCUT2D eigenvalue weighted by atomic mass is 10.1. The molecule has 1 heterocycles. The number of benzene rings is 2. The van der Waals surface area contributed by atoms with E-state index in [0.717, 1.165) is 14.8 Å². The minimum absolute atomic E-state index is 0.186. The molecule has 3 aromatic rings. The topological polar surface area (TPSA) is 58.2 Å². The third-order valence-corrected chi connectivity index (χ3v) is 5.29. The molecule has 0 bridgehead atoms. The lowest BCUT2D eigenvalue weighted by Crippen LogP contribution is -2.46. The molecule has 0 saturated heterocycles. The number of halogens is 1. The van der Waals surface area contributed by atoms with Crippen LogP contribution >= 0.6 is 33.9 Å². The van der Waals surface area contributed by atoms with Gasteiger partial charge in [-0.3, -0.25) is 9.59 Å². The molecule has 0 aliphatic rings. The predicted octanol–water partition coefficient (Wildman–Crippen LogP) is 4.71. The van der Waals surface area contributed by atoms with Gasteiger partial charge in [0, 0.05) is 14.8 Å². The monoisotopic (exact) mass is 476 g/mol. The van der Waals surface area contributed by atoms with Crippen LogP contribution in [0, 0.1) is 10.5 Å². The summed E-state index contributed by atoms with van der Waals surface area (Å²) in [5, 5.41) is 7.78. The minimum atomic E-state index is -0.856. The van der Waals surface area contributed by atoms with Gasteiger partial charge in [0.15, 0.2) is 6.17 Å². The summed E-state index contributed by atoms with van der Waals surface area (Å²) in [6.45, 7) is 1.97. The summed E-state index contributed by atoms with van der Waals surface area (Å²) < 4.78 is 1.04. The highest BCUT2D eigenvalue weighted by atomic mass is 127. The van der Waals surface area contributed by atoms with Crippen LogP contribution in [0.3, 0.4) is 0 Å². The molecule has 132 valence electrons. The van der Waals surface area contributed by atoms with E-state index >= 15 is 0 Å². The molecule has 0 aliphatic carbocycles. The Morgan fingerprint density at radius 2 is 1.81 bits per heavy atom. The molecule has 0 saturated carbocycles. The third kappa shape index (κ3) is 4.70. The number of Topliss-reactive ketones (excluding diaryl/α,β-unsaturated/α-hetero) is 1. The van der Waals surface area contributed by atoms with Gasteiger partial charge in [0.1, 0.15) is 0 Å². The largest absolute Gasteiger partial charge is 0.359 e. The first kappa shape index (κ1) is 18.6. The van der Waals surface area contributed by atoms with Crippen LogP contribution < -0.4 is 10.6 Å². The first-order valence-electron chi connectivity index (χ1n) is 8.00. The van der Waals surface area contributed by atoms with Crippen molar-refractivity contribution in [1.82, 2.24) is 5.32 Å². The fourth-order valence-electron chi connectivity index (χ4n) is 2.41. The maximum absolute atomic E-state index is 13.0. The molecule has 2 N–H and O–H groups in total. The summed E-state index contributed by atoms with van der Waals surface area (Å²) in [5.74, 6) is -0.461. The van der Waals surface area contributed by atoms with Crippen molar-refractivity contribution in [3.05, 3.63) is 85.6 Å². The molecule has 26 heavy (non-hydrogen) atoms. The minimum Gasteiger partial charge on any atom is -0.359 e. The van der Waals surface area contributed by atoms with Gasteiger partial charge in [0.25, 0.3) is 5.91 Å². The molecule has 1 amide bonds. The number of hydrogen-bond donors (Lipinski definition) is 2.